The monoisotopic (exact) mass is 385 g/mol. The summed E-state index contributed by atoms with van der Waals surface area (Å²) in [7, 11) is 1.77. The maximum atomic E-state index is 12.1. The summed E-state index contributed by atoms with van der Waals surface area (Å²) in [5.41, 5.74) is 0. The molecule has 1 aromatic carbocycles. The molecule has 0 aliphatic carbocycles. The van der Waals surface area contributed by atoms with Crippen LogP contribution in [0.15, 0.2) is 24.3 Å². The first-order valence-electron chi connectivity index (χ1n) is 7.92. The van der Waals surface area contributed by atoms with E-state index in [0.717, 1.165) is 31.8 Å². The molecule has 136 valence electrons. The lowest BCUT2D eigenvalue weighted by molar-refractivity contribution is -0.118. The van der Waals surface area contributed by atoms with Gasteiger partial charge in [0.25, 0.3) is 5.91 Å². The third-order valence-corrected chi connectivity index (χ3v) is 4.24. The fourth-order valence-corrected chi connectivity index (χ4v) is 2.82. The second-order valence-electron chi connectivity index (χ2n) is 5.71. The van der Waals surface area contributed by atoms with Crippen LogP contribution in [0, 0.1) is 0 Å². The number of nitrogens with zero attached hydrogens (tertiary/aromatic N) is 3. The molecular weight excluding hydrogens is 365 g/mol. The minimum atomic E-state index is -0.303. The van der Waals surface area contributed by atoms with Gasteiger partial charge in [-0.2, -0.15) is 10.1 Å². The van der Waals surface area contributed by atoms with Gasteiger partial charge in [0.2, 0.25) is 5.95 Å². The average Bonchev–Trinajstić information content (AvgIpc) is 2.96. The minimum absolute atomic E-state index is 0. The summed E-state index contributed by atoms with van der Waals surface area (Å²) in [4.78, 5) is 16.5. The molecule has 1 amide bonds. The Balaban J connectivity index is 0.00000225. The Bertz CT molecular complexity index is 716. The van der Waals surface area contributed by atoms with Crippen molar-refractivity contribution in [2.45, 2.75) is 18.8 Å². The Morgan fingerprint density at radius 3 is 2.84 bits per heavy atom. The lowest BCUT2D eigenvalue weighted by Crippen LogP contribution is -2.27. The smallest absolute Gasteiger partial charge is 0.264 e. The number of amides is 1. The van der Waals surface area contributed by atoms with Crippen molar-refractivity contribution in [3.05, 3.63) is 35.1 Å². The van der Waals surface area contributed by atoms with Crippen LogP contribution in [0.5, 0.6) is 5.75 Å². The predicted molar refractivity (Wildman–Crippen MR) is 98.7 cm³/mol. The van der Waals surface area contributed by atoms with Crippen LogP contribution in [-0.2, 0) is 11.8 Å². The normalized spacial score (nSPS) is 14.6. The van der Waals surface area contributed by atoms with Gasteiger partial charge in [-0.25, -0.2) is 4.68 Å². The summed E-state index contributed by atoms with van der Waals surface area (Å²) in [5.74, 6) is 1.71. The van der Waals surface area contributed by atoms with E-state index in [-0.39, 0.29) is 24.9 Å². The van der Waals surface area contributed by atoms with E-state index in [0.29, 0.717) is 22.6 Å². The summed E-state index contributed by atoms with van der Waals surface area (Å²) < 4.78 is 7.01. The molecule has 25 heavy (non-hydrogen) atoms. The summed E-state index contributed by atoms with van der Waals surface area (Å²) in [6.45, 7) is 1.80. The topological polar surface area (TPSA) is 81.1 Å². The van der Waals surface area contributed by atoms with E-state index in [9.17, 15) is 4.79 Å². The number of hydrogen-bond acceptors (Lipinski definition) is 5. The number of anilines is 1. The van der Waals surface area contributed by atoms with E-state index in [1.165, 1.54) is 0 Å². The van der Waals surface area contributed by atoms with Crippen molar-refractivity contribution >= 4 is 35.9 Å². The predicted octanol–water partition coefficient (Wildman–Crippen LogP) is 2.37. The number of aryl methyl sites for hydroxylation is 1. The molecule has 1 aliphatic heterocycles. The first-order valence-corrected chi connectivity index (χ1v) is 8.30. The lowest BCUT2D eigenvalue weighted by atomic mass is 9.98. The number of halogens is 2. The Hall–Kier alpha value is -1.83. The standard InChI is InChI=1S/C16H20ClN5O2.ClH/c1-22-16(20-15(21-22)11-6-8-18-9-7-11)19-14(23)10-24-13-5-3-2-4-12(13)17;/h2-5,11,18H,6-10H2,1H3,(H,19,20,21,23);1H. The molecule has 3 rings (SSSR count). The third kappa shape index (κ3) is 5.07. The quantitative estimate of drug-likeness (QED) is 0.825. The van der Waals surface area contributed by atoms with E-state index in [1.807, 2.05) is 0 Å². The van der Waals surface area contributed by atoms with Crippen molar-refractivity contribution in [1.29, 1.82) is 0 Å². The molecule has 0 atom stereocenters. The van der Waals surface area contributed by atoms with E-state index < -0.39 is 0 Å². The van der Waals surface area contributed by atoms with Crippen LogP contribution in [0.3, 0.4) is 0 Å². The fraction of sp³-hybridized carbons (Fsp3) is 0.438. The van der Waals surface area contributed by atoms with Crippen LogP contribution in [0.4, 0.5) is 5.95 Å². The van der Waals surface area contributed by atoms with Gasteiger partial charge >= 0.3 is 0 Å². The Kier molecular flexibility index (Phi) is 7.04. The molecule has 2 N–H and O–H groups in total. The second kappa shape index (κ2) is 9.03. The molecule has 0 saturated carbocycles. The van der Waals surface area contributed by atoms with E-state index in [1.54, 1.807) is 36.0 Å². The van der Waals surface area contributed by atoms with Crippen molar-refractivity contribution in [2.75, 3.05) is 25.0 Å². The highest BCUT2D eigenvalue weighted by molar-refractivity contribution is 6.32. The number of para-hydroxylation sites is 1. The molecule has 9 heteroatoms. The fourth-order valence-electron chi connectivity index (χ4n) is 2.63. The van der Waals surface area contributed by atoms with Gasteiger partial charge in [-0.05, 0) is 38.1 Å². The molecule has 0 unspecified atom stereocenters. The molecule has 7 nitrogen and oxygen atoms in total. The SMILES string of the molecule is Cl.Cn1nc(C2CCNCC2)nc1NC(=O)COc1ccccc1Cl. The van der Waals surface area contributed by atoms with Gasteiger partial charge in [0.05, 0.1) is 5.02 Å². The van der Waals surface area contributed by atoms with Crippen molar-refractivity contribution in [3.63, 3.8) is 0 Å². The zero-order valence-corrected chi connectivity index (χ0v) is 15.4. The van der Waals surface area contributed by atoms with Crippen LogP contribution < -0.4 is 15.4 Å². The van der Waals surface area contributed by atoms with E-state index in [2.05, 4.69) is 20.7 Å². The van der Waals surface area contributed by atoms with Gasteiger partial charge in [0.15, 0.2) is 12.4 Å². The average molecular weight is 386 g/mol. The van der Waals surface area contributed by atoms with Crippen LogP contribution in [-0.4, -0.2) is 40.4 Å². The van der Waals surface area contributed by atoms with Crippen molar-refractivity contribution in [3.8, 4) is 5.75 Å². The Morgan fingerprint density at radius 2 is 2.12 bits per heavy atom. The molecule has 2 aromatic rings. The highest BCUT2D eigenvalue weighted by Crippen LogP contribution is 2.24. The summed E-state index contributed by atoms with van der Waals surface area (Å²) in [5, 5.41) is 10.9. The first kappa shape index (κ1) is 19.5. The number of carbonyl (C=O) groups excluding carboxylic acids is 1. The lowest BCUT2D eigenvalue weighted by Gasteiger charge is -2.19. The van der Waals surface area contributed by atoms with Gasteiger partial charge in [-0.1, -0.05) is 23.7 Å². The number of benzene rings is 1. The van der Waals surface area contributed by atoms with Crippen LogP contribution in [0.2, 0.25) is 5.02 Å². The number of piperidine rings is 1. The molecule has 1 fully saturated rings. The Labute approximate surface area is 157 Å². The zero-order chi connectivity index (χ0) is 16.9. The van der Waals surface area contributed by atoms with Gasteiger partial charge < -0.3 is 10.1 Å². The highest BCUT2D eigenvalue weighted by atomic mass is 35.5. The first-order chi connectivity index (χ1) is 11.6. The molecule has 1 aromatic heterocycles. The third-order valence-electron chi connectivity index (χ3n) is 3.93. The van der Waals surface area contributed by atoms with Crippen LogP contribution in [0.25, 0.3) is 0 Å². The molecule has 2 heterocycles. The van der Waals surface area contributed by atoms with Crippen molar-refractivity contribution < 1.29 is 9.53 Å². The van der Waals surface area contributed by atoms with Gasteiger partial charge in [-0.3, -0.25) is 10.1 Å². The van der Waals surface area contributed by atoms with Crippen LogP contribution in [0.1, 0.15) is 24.6 Å². The molecule has 0 radical (unpaired) electrons. The molecule has 1 saturated heterocycles. The van der Waals surface area contributed by atoms with Gasteiger partial charge in [-0.15, -0.1) is 12.4 Å². The van der Waals surface area contributed by atoms with Gasteiger partial charge in [0, 0.05) is 13.0 Å². The van der Waals surface area contributed by atoms with E-state index in [4.69, 9.17) is 16.3 Å². The number of nitrogens with one attached hydrogen (secondary N) is 2. The number of rotatable bonds is 5. The summed E-state index contributed by atoms with van der Waals surface area (Å²) >= 11 is 5.99. The second-order valence-corrected chi connectivity index (χ2v) is 6.12. The molecule has 0 bridgehead atoms. The number of aromatic nitrogens is 3. The summed E-state index contributed by atoms with van der Waals surface area (Å²) in [6.07, 6.45) is 2.01. The largest absolute Gasteiger partial charge is 0.482 e. The van der Waals surface area contributed by atoms with Crippen molar-refractivity contribution in [1.82, 2.24) is 20.1 Å². The minimum Gasteiger partial charge on any atom is -0.482 e. The molecule has 0 spiro atoms. The molecule has 1 aliphatic rings. The maximum Gasteiger partial charge on any atom is 0.264 e. The summed E-state index contributed by atoms with van der Waals surface area (Å²) in [6, 6.07) is 7.03. The van der Waals surface area contributed by atoms with Crippen LogP contribution >= 0.6 is 24.0 Å². The number of ether oxygens (including phenoxy) is 1. The number of carbonyl (C=O) groups is 1. The van der Waals surface area contributed by atoms with Gasteiger partial charge in [0.1, 0.15) is 5.75 Å². The zero-order valence-electron chi connectivity index (χ0n) is 13.9. The van der Waals surface area contributed by atoms with Crippen molar-refractivity contribution in [2.24, 2.45) is 7.05 Å². The number of hydrogen-bond donors (Lipinski definition) is 2. The van der Waals surface area contributed by atoms with E-state index >= 15 is 0 Å². The maximum absolute atomic E-state index is 12.1. The molecular formula is C16H21Cl2N5O2. The Morgan fingerprint density at radius 1 is 1.40 bits per heavy atom. The highest BCUT2D eigenvalue weighted by Gasteiger charge is 2.21.